The summed E-state index contributed by atoms with van der Waals surface area (Å²) >= 11 is 0. The zero-order valence-corrected chi connectivity index (χ0v) is 17.8. The van der Waals surface area contributed by atoms with Gasteiger partial charge in [-0.05, 0) is 57.3 Å². The molecule has 0 bridgehead atoms. The second-order valence-corrected chi connectivity index (χ2v) is 9.31. The van der Waals surface area contributed by atoms with E-state index in [0.717, 1.165) is 31.4 Å². The minimum absolute atomic E-state index is 0.208. The predicted octanol–water partition coefficient (Wildman–Crippen LogP) is 2.35. The normalized spacial score (nSPS) is 32.3. The standard InChI is InChI=1S/C23H31N3O3/c1-14(27)16-11-15-12-23(24(2)3,22(28)29-4)26-19-8-6-5-7-17(19)18-9-10-25(13-16)20(15)21(18)26/h5-8,14-16,20,27H,9-13H2,1-4H3/t14-,15+,16-,20-,23-/m1/s1. The van der Waals surface area contributed by atoms with Crippen LogP contribution in [0.4, 0.5) is 0 Å². The first-order valence-corrected chi connectivity index (χ1v) is 10.7. The summed E-state index contributed by atoms with van der Waals surface area (Å²) < 4.78 is 7.70. The molecular weight excluding hydrogens is 366 g/mol. The second kappa shape index (κ2) is 6.56. The summed E-state index contributed by atoms with van der Waals surface area (Å²) in [6.45, 7) is 3.84. The Hall–Kier alpha value is -1.89. The van der Waals surface area contributed by atoms with Crippen LogP contribution in [-0.4, -0.2) is 65.8 Å². The third kappa shape index (κ3) is 2.43. The third-order valence-corrected chi connectivity index (χ3v) is 7.71. The van der Waals surface area contributed by atoms with Gasteiger partial charge < -0.3 is 14.4 Å². The molecule has 4 heterocycles. The number of benzene rings is 1. The van der Waals surface area contributed by atoms with Crippen molar-refractivity contribution in [2.24, 2.45) is 11.8 Å². The van der Waals surface area contributed by atoms with E-state index in [4.69, 9.17) is 4.74 Å². The third-order valence-electron chi connectivity index (χ3n) is 7.71. The molecular formula is C23H31N3O3. The summed E-state index contributed by atoms with van der Waals surface area (Å²) in [6, 6.07) is 8.79. The molecule has 2 aromatic rings. The topological polar surface area (TPSA) is 57.9 Å². The van der Waals surface area contributed by atoms with E-state index in [9.17, 15) is 9.90 Å². The van der Waals surface area contributed by atoms with Crippen molar-refractivity contribution in [3.63, 3.8) is 0 Å². The first-order valence-electron chi connectivity index (χ1n) is 10.7. The number of para-hydroxylation sites is 1. The Morgan fingerprint density at radius 3 is 2.79 bits per heavy atom. The fraction of sp³-hybridized carbons (Fsp3) is 0.609. The van der Waals surface area contributed by atoms with Crippen LogP contribution in [0.25, 0.3) is 10.9 Å². The number of methoxy groups -OCH3 is 1. The fourth-order valence-electron chi connectivity index (χ4n) is 6.39. The van der Waals surface area contributed by atoms with Crippen molar-refractivity contribution >= 4 is 16.9 Å². The minimum atomic E-state index is -0.868. The molecule has 1 N–H and O–H groups in total. The zero-order valence-electron chi connectivity index (χ0n) is 17.8. The van der Waals surface area contributed by atoms with E-state index in [1.165, 1.54) is 23.8 Å². The summed E-state index contributed by atoms with van der Waals surface area (Å²) in [7, 11) is 5.45. The Kier molecular flexibility index (Phi) is 4.32. The Bertz CT molecular complexity index is 966. The summed E-state index contributed by atoms with van der Waals surface area (Å²) in [6.07, 6.45) is 2.27. The Morgan fingerprint density at radius 2 is 2.10 bits per heavy atom. The molecule has 29 heavy (non-hydrogen) atoms. The number of hydrogen-bond acceptors (Lipinski definition) is 5. The molecule has 0 amide bonds. The van der Waals surface area contributed by atoms with Crippen molar-refractivity contribution in [3.05, 3.63) is 35.5 Å². The van der Waals surface area contributed by atoms with Crippen molar-refractivity contribution < 1.29 is 14.6 Å². The number of carbonyl (C=O) groups is 1. The van der Waals surface area contributed by atoms with Crippen LogP contribution in [0.3, 0.4) is 0 Å². The Labute approximate surface area is 172 Å². The second-order valence-electron chi connectivity index (χ2n) is 9.31. The van der Waals surface area contributed by atoms with E-state index in [1.807, 2.05) is 25.9 Å². The van der Waals surface area contributed by atoms with E-state index in [1.54, 1.807) is 0 Å². The van der Waals surface area contributed by atoms with Gasteiger partial charge in [0.05, 0.1) is 24.8 Å². The van der Waals surface area contributed by atoms with Gasteiger partial charge in [-0.1, -0.05) is 18.2 Å². The van der Waals surface area contributed by atoms with Crippen LogP contribution in [0, 0.1) is 11.8 Å². The van der Waals surface area contributed by atoms with Gasteiger partial charge in [0.1, 0.15) is 0 Å². The average molecular weight is 398 g/mol. The number of hydrogen-bond donors (Lipinski definition) is 1. The number of rotatable bonds is 3. The number of carbonyl (C=O) groups excluding carboxylic acids is 1. The van der Waals surface area contributed by atoms with Gasteiger partial charge in [0.15, 0.2) is 5.66 Å². The van der Waals surface area contributed by atoms with E-state index >= 15 is 0 Å². The van der Waals surface area contributed by atoms with Gasteiger partial charge >= 0.3 is 5.97 Å². The number of esters is 1. The van der Waals surface area contributed by atoms with E-state index in [2.05, 4.69) is 33.7 Å². The van der Waals surface area contributed by atoms with E-state index in [-0.39, 0.29) is 18.0 Å². The quantitative estimate of drug-likeness (QED) is 0.806. The van der Waals surface area contributed by atoms with Crippen molar-refractivity contribution in [2.75, 3.05) is 34.3 Å². The molecule has 6 nitrogen and oxygen atoms in total. The molecule has 1 saturated heterocycles. The highest BCUT2D eigenvalue weighted by Crippen LogP contribution is 2.55. The molecule has 0 saturated carbocycles. The number of piperidine rings is 1. The van der Waals surface area contributed by atoms with Crippen molar-refractivity contribution in [1.82, 2.24) is 14.4 Å². The average Bonchev–Trinajstić information content (AvgIpc) is 3.06. The van der Waals surface area contributed by atoms with Crippen LogP contribution in [-0.2, 0) is 21.6 Å². The maximum Gasteiger partial charge on any atom is 0.347 e. The number of aliphatic hydroxyl groups excluding tert-OH is 1. The summed E-state index contributed by atoms with van der Waals surface area (Å²) in [5.41, 5.74) is 2.93. The van der Waals surface area contributed by atoms with Gasteiger partial charge in [-0.15, -0.1) is 0 Å². The first-order chi connectivity index (χ1) is 13.9. The first kappa shape index (κ1) is 19.1. The number of fused-ring (bicyclic) bond motifs is 3. The van der Waals surface area contributed by atoms with Gasteiger partial charge in [-0.25, -0.2) is 4.79 Å². The Morgan fingerprint density at radius 1 is 1.34 bits per heavy atom. The van der Waals surface area contributed by atoms with Gasteiger partial charge in [0.2, 0.25) is 0 Å². The number of likely N-dealkylation sites (N-methyl/N-ethyl adjacent to an activating group) is 1. The lowest BCUT2D eigenvalue weighted by molar-refractivity contribution is -0.168. The SMILES string of the molecule is COC(=O)[C@@]1(N(C)C)C[C@@H]2C[C@@H]([C@@H](C)O)CN3CCc4c(n1c1ccccc41)[C@@H]23. The van der Waals surface area contributed by atoms with Gasteiger partial charge in [-0.2, -0.15) is 0 Å². The predicted molar refractivity (Wildman–Crippen MR) is 112 cm³/mol. The maximum absolute atomic E-state index is 13.4. The molecule has 0 spiro atoms. The largest absolute Gasteiger partial charge is 0.466 e. The van der Waals surface area contributed by atoms with Crippen LogP contribution in [0.1, 0.15) is 37.1 Å². The molecule has 0 radical (unpaired) electrons. The minimum Gasteiger partial charge on any atom is -0.466 e. The highest BCUT2D eigenvalue weighted by atomic mass is 16.5. The van der Waals surface area contributed by atoms with Gasteiger partial charge in [0, 0.05) is 30.6 Å². The molecule has 5 rings (SSSR count). The van der Waals surface area contributed by atoms with Crippen LogP contribution in [0.15, 0.2) is 24.3 Å². The molecule has 3 aliphatic heterocycles. The lowest BCUT2D eigenvalue weighted by Gasteiger charge is -2.56. The monoisotopic (exact) mass is 397 g/mol. The summed E-state index contributed by atoms with van der Waals surface area (Å²) in [4.78, 5) is 18.0. The molecule has 1 aromatic heterocycles. The molecule has 1 fully saturated rings. The van der Waals surface area contributed by atoms with E-state index in [0.29, 0.717) is 18.4 Å². The van der Waals surface area contributed by atoms with Crippen LogP contribution < -0.4 is 0 Å². The fourth-order valence-corrected chi connectivity index (χ4v) is 6.39. The number of nitrogens with zero attached hydrogens (tertiary/aromatic N) is 3. The molecule has 3 aliphatic rings. The summed E-state index contributed by atoms with van der Waals surface area (Å²) in [5, 5.41) is 11.6. The van der Waals surface area contributed by atoms with Crippen molar-refractivity contribution in [2.45, 2.75) is 44.0 Å². The smallest absolute Gasteiger partial charge is 0.347 e. The number of ether oxygens (including phenoxy) is 1. The van der Waals surface area contributed by atoms with E-state index < -0.39 is 5.66 Å². The summed E-state index contributed by atoms with van der Waals surface area (Å²) in [5.74, 6) is 0.341. The van der Waals surface area contributed by atoms with Crippen molar-refractivity contribution in [1.29, 1.82) is 0 Å². The molecule has 5 atom stereocenters. The lowest BCUT2D eigenvalue weighted by Crippen LogP contribution is -2.62. The van der Waals surface area contributed by atoms with Crippen LogP contribution in [0.2, 0.25) is 0 Å². The molecule has 1 aromatic carbocycles. The van der Waals surface area contributed by atoms with Crippen LogP contribution >= 0.6 is 0 Å². The molecule has 0 aliphatic carbocycles. The number of aliphatic hydroxyl groups is 1. The Balaban J connectivity index is 1.81. The maximum atomic E-state index is 13.4. The highest BCUT2D eigenvalue weighted by molar-refractivity contribution is 5.90. The highest BCUT2D eigenvalue weighted by Gasteiger charge is 2.57. The number of aromatic nitrogens is 1. The lowest BCUT2D eigenvalue weighted by atomic mass is 9.70. The zero-order chi connectivity index (χ0) is 20.5. The molecule has 156 valence electrons. The van der Waals surface area contributed by atoms with Gasteiger partial charge in [-0.3, -0.25) is 9.80 Å². The molecule has 0 unspecified atom stereocenters. The molecule has 6 heteroatoms. The van der Waals surface area contributed by atoms with Crippen LogP contribution in [0.5, 0.6) is 0 Å². The van der Waals surface area contributed by atoms with Gasteiger partial charge in [0.25, 0.3) is 0 Å². The van der Waals surface area contributed by atoms with Crippen molar-refractivity contribution in [3.8, 4) is 0 Å².